The number of nitrogens with zero attached hydrogens (tertiary/aromatic N) is 1. The first-order valence-corrected chi connectivity index (χ1v) is 7.55. The third kappa shape index (κ3) is 2.97. The van der Waals surface area contributed by atoms with Crippen LogP contribution in [0, 0.1) is 0 Å². The summed E-state index contributed by atoms with van der Waals surface area (Å²) in [4.78, 5) is 16.2. The standard InChI is InChI=1S/C18H19NO2/c20-18(21)15-11-12-16(13-7-3-1-4-8-13)19-17(15)14-9-5-2-6-10-14/h1,3-4,7-8,11-12,14H,2,5-6,9-10H2,(H,20,21). The van der Waals surface area contributed by atoms with Gasteiger partial charge in [-0.15, -0.1) is 0 Å². The van der Waals surface area contributed by atoms with Gasteiger partial charge in [-0.05, 0) is 25.0 Å². The van der Waals surface area contributed by atoms with Crippen molar-refractivity contribution in [3.05, 3.63) is 53.7 Å². The van der Waals surface area contributed by atoms with E-state index in [2.05, 4.69) is 0 Å². The van der Waals surface area contributed by atoms with Gasteiger partial charge in [-0.1, -0.05) is 49.6 Å². The maximum Gasteiger partial charge on any atom is 0.337 e. The molecule has 0 amide bonds. The third-order valence-electron chi connectivity index (χ3n) is 4.22. The Morgan fingerprint density at radius 3 is 2.38 bits per heavy atom. The van der Waals surface area contributed by atoms with Crippen LogP contribution in [0.25, 0.3) is 11.3 Å². The quantitative estimate of drug-likeness (QED) is 0.901. The molecule has 0 spiro atoms. The van der Waals surface area contributed by atoms with Crippen molar-refractivity contribution in [2.24, 2.45) is 0 Å². The van der Waals surface area contributed by atoms with Gasteiger partial charge >= 0.3 is 5.97 Å². The summed E-state index contributed by atoms with van der Waals surface area (Å²) in [6.45, 7) is 0. The molecule has 0 radical (unpaired) electrons. The minimum absolute atomic E-state index is 0.286. The fourth-order valence-electron chi connectivity index (χ4n) is 3.11. The van der Waals surface area contributed by atoms with Crippen LogP contribution < -0.4 is 0 Å². The highest BCUT2D eigenvalue weighted by Gasteiger charge is 2.23. The van der Waals surface area contributed by atoms with Crippen LogP contribution in [-0.4, -0.2) is 16.1 Å². The van der Waals surface area contributed by atoms with E-state index in [-0.39, 0.29) is 5.92 Å². The highest BCUT2D eigenvalue weighted by Crippen LogP contribution is 2.34. The topological polar surface area (TPSA) is 50.2 Å². The SMILES string of the molecule is O=C(O)c1ccc(-c2ccccc2)nc1C1CCCCC1. The number of pyridine rings is 1. The van der Waals surface area contributed by atoms with Gasteiger partial charge < -0.3 is 5.11 Å². The summed E-state index contributed by atoms with van der Waals surface area (Å²) in [6, 6.07) is 13.5. The number of hydrogen-bond donors (Lipinski definition) is 1. The van der Waals surface area contributed by atoms with Crippen LogP contribution in [0.5, 0.6) is 0 Å². The lowest BCUT2D eigenvalue weighted by molar-refractivity contribution is 0.0694. The molecule has 0 atom stereocenters. The van der Waals surface area contributed by atoms with Crippen LogP contribution in [0.4, 0.5) is 0 Å². The monoisotopic (exact) mass is 281 g/mol. The average molecular weight is 281 g/mol. The minimum Gasteiger partial charge on any atom is -0.478 e. The number of aromatic carboxylic acids is 1. The van der Waals surface area contributed by atoms with Crippen LogP contribution in [0.2, 0.25) is 0 Å². The molecule has 1 aromatic carbocycles. The van der Waals surface area contributed by atoms with Crippen LogP contribution in [0.1, 0.15) is 54.1 Å². The molecule has 1 N–H and O–H groups in total. The molecule has 1 aliphatic rings. The summed E-state index contributed by atoms with van der Waals surface area (Å²) in [5.74, 6) is -0.587. The van der Waals surface area contributed by atoms with Crippen LogP contribution in [0.15, 0.2) is 42.5 Å². The van der Waals surface area contributed by atoms with Gasteiger partial charge in [-0.25, -0.2) is 4.79 Å². The Bertz CT molecular complexity index is 631. The zero-order valence-corrected chi connectivity index (χ0v) is 12.0. The van der Waals surface area contributed by atoms with Gasteiger partial charge in [0.25, 0.3) is 0 Å². The molecular weight excluding hydrogens is 262 g/mol. The normalized spacial score (nSPS) is 15.8. The Labute approximate surface area is 124 Å². The van der Waals surface area contributed by atoms with Crippen LogP contribution in [0.3, 0.4) is 0 Å². The fraction of sp³-hybridized carbons (Fsp3) is 0.333. The zero-order valence-electron chi connectivity index (χ0n) is 12.0. The van der Waals surface area contributed by atoms with Gasteiger partial charge in [0.1, 0.15) is 0 Å². The lowest BCUT2D eigenvalue weighted by Crippen LogP contribution is -2.13. The van der Waals surface area contributed by atoms with Gasteiger partial charge in [0.05, 0.1) is 17.0 Å². The molecule has 1 fully saturated rings. The zero-order chi connectivity index (χ0) is 14.7. The second kappa shape index (κ2) is 6.08. The van der Waals surface area contributed by atoms with Gasteiger partial charge in [0, 0.05) is 11.5 Å². The highest BCUT2D eigenvalue weighted by atomic mass is 16.4. The predicted octanol–water partition coefficient (Wildman–Crippen LogP) is 4.49. The molecule has 1 aliphatic carbocycles. The van der Waals surface area contributed by atoms with Crippen molar-refractivity contribution in [1.82, 2.24) is 4.98 Å². The molecule has 1 aromatic heterocycles. The van der Waals surface area contributed by atoms with E-state index in [4.69, 9.17) is 4.98 Å². The van der Waals surface area contributed by atoms with Crippen molar-refractivity contribution in [3.8, 4) is 11.3 Å². The molecule has 0 unspecified atom stereocenters. The second-order valence-corrected chi connectivity index (χ2v) is 5.64. The number of carboxylic acids is 1. The maximum atomic E-state index is 11.5. The van der Waals surface area contributed by atoms with E-state index in [1.807, 2.05) is 36.4 Å². The molecule has 0 saturated heterocycles. The number of carboxylic acid groups (broad SMARTS) is 1. The molecule has 0 bridgehead atoms. The summed E-state index contributed by atoms with van der Waals surface area (Å²) in [7, 11) is 0. The third-order valence-corrected chi connectivity index (χ3v) is 4.22. The summed E-state index contributed by atoms with van der Waals surface area (Å²) in [5, 5.41) is 9.42. The van der Waals surface area contributed by atoms with Crippen molar-refractivity contribution in [1.29, 1.82) is 0 Å². The van der Waals surface area contributed by atoms with E-state index in [9.17, 15) is 9.90 Å². The van der Waals surface area contributed by atoms with Gasteiger partial charge in [-0.3, -0.25) is 4.98 Å². The van der Waals surface area contributed by atoms with Crippen molar-refractivity contribution in [2.45, 2.75) is 38.0 Å². The highest BCUT2D eigenvalue weighted by molar-refractivity contribution is 5.89. The number of rotatable bonds is 3. The molecule has 3 rings (SSSR count). The van der Waals surface area contributed by atoms with E-state index in [0.717, 1.165) is 29.8 Å². The number of carbonyl (C=O) groups is 1. The van der Waals surface area contributed by atoms with Crippen molar-refractivity contribution < 1.29 is 9.90 Å². The molecular formula is C18H19NO2. The van der Waals surface area contributed by atoms with E-state index in [1.54, 1.807) is 6.07 Å². The smallest absolute Gasteiger partial charge is 0.337 e. The van der Waals surface area contributed by atoms with Crippen molar-refractivity contribution in [3.63, 3.8) is 0 Å². The van der Waals surface area contributed by atoms with E-state index in [0.29, 0.717) is 5.56 Å². The predicted molar refractivity (Wildman–Crippen MR) is 82.5 cm³/mol. The Kier molecular flexibility index (Phi) is 4.00. The first-order valence-electron chi connectivity index (χ1n) is 7.55. The Morgan fingerprint density at radius 1 is 1.00 bits per heavy atom. The van der Waals surface area contributed by atoms with Gasteiger partial charge in [0.15, 0.2) is 0 Å². The first-order chi connectivity index (χ1) is 10.3. The van der Waals surface area contributed by atoms with E-state index < -0.39 is 5.97 Å². The summed E-state index contributed by atoms with van der Waals surface area (Å²) in [6.07, 6.45) is 5.68. The molecule has 108 valence electrons. The van der Waals surface area contributed by atoms with Crippen LogP contribution >= 0.6 is 0 Å². The molecule has 1 heterocycles. The molecule has 3 nitrogen and oxygen atoms in total. The number of aromatic nitrogens is 1. The molecule has 21 heavy (non-hydrogen) atoms. The lowest BCUT2D eigenvalue weighted by Gasteiger charge is -2.23. The Balaban J connectivity index is 2.03. The molecule has 2 aromatic rings. The minimum atomic E-state index is -0.873. The van der Waals surface area contributed by atoms with E-state index >= 15 is 0 Å². The van der Waals surface area contributed by atoms with Gasteiger partial charge in [0.2, 0.25) is 0 Å². The summed E-state index contributed by atoms with van der Waals surface area (Å²) < 4.78 is 0. The van der Waals surface area contributed by atoms with Crippen molar-refractivity contribution in [2.75, 3.05) is 0 Å². The molecule has 0 aliphatic heterocycles. The Hall–Kier alpha value is -2.16. The molecule has 3 heteroatoms. The van der Waals surface area contributed by atoms with E-state index in [1.165, 1.54) is 19.3 Å². The largest absolute Gasteiger partial charge is 0.478 e. The average Bonchev–Trinajstić information content (AvgIpc) is 2.56. The second-order valence-electron chi connectivity index (χ2n) is 5.64. The number of benzene rings is 1. The van der Waals surface area contributed by atoms with Crippen LogP contribution in [-0.2, 0) is 0 Å². The summed E-state index contributed by atoms with van der Waals surface area (Å²) in [5.41, 5.74) is 3.03. The van der Waals surface area contributed by atoms with Crippen molar-refractivity contribution >= 4 is 5.97 Å². The lowest BCUT2D eigenvalue weighted by atomic mass is 9.84. The molecule has 1 saturated carbocycles. The first kappa shape index (κ1) is 13.8. The fourth-order valence-corrected chi connectivity index (χ4v) is 3.11. The number of hydrogen-bond acceptors (Lipinski definition) is 2. The van der Waals surface area contributed by atoms with Gasteiger partial charge in [-0.2, -0.15) is 0 Å². The summed E-state index contributed by atoms with van der Waals surface area (Å²) >= 11 is 0. The maximum absolute atomic E-state index is 11.5. The Morgan fingerprint density at radius 2 is 1.71 bits per heavy atom.